The number of rotatable bonds is 7. The van der Waals surface area contributed by atoms with Crippen molar-refractivity contribution >= 4 is 11.9 Å². The molecule has 17 atom stereocenters. The summed E-state index contributed by atoms with van der Waals surface area (Å²) in [5.74, 6) is -1.50. The molecule has 2 heterocycles. The fourth-order valence-corrected chi connectivity index (χ4v) is 13.4. The van der Waals surface area contributed by atoms with Crippen molar-refractivity contribution in [1.82, 2.24) is 0 Å². The lowest BCUT2D eigenvalue weighted by atomic mass is 9.33. The summed E-state index contributed by atoms with van der Waals surface area (Å²) in [5.41, 5.74) is 0.157. The molecule has 13 heteroatoms. The Balaban J connectivity index is 1.10. The number of ether oxygens (including phenoxy) is 4. The van der Waals surface area contributed by atoms with Crippen LogP contribution in [0.15, 0.2) is 11.6 Å². The van der Waals surface area contributed by atoms with Crippen LogP contribution in [0.3, 0.4) is 0 Å². The molecule has 6 fully saturated rings. The first-order valence-corrected chi connectivity index (χ1v) is 20.2. The van der Waals surface area contributed by atoms with E-state index in [1.54, 1.807) is 0 Å². The minimum Gasteiger partial charge on any atom is -0.481 e. The van der Waals surface area contributed by atoms with Gasteiger partial charge in [0.1, 0.15) is 36.6 Å². The van der Waals surface area contributed by atoms with Crippen LogP contribution < -0.4 is 0 Å². The minimum atomic E-state index is -1.80. The van der Waals surface area contributed by atoms with Crippen molar-refractivity contribution in [3.63, 3.8) is 0 Å². The standard InChI is InChI=1S/C41H64O13/c1-36(2)14-16-41(35(49)50)17-15-39(6)20(21(41)18-36)8-9-24-38(5)12-11-25(37(3,4)23(38)10-13-40(24,39)7)52-34-29(46)27(44)30(31(54-34)32(47)48)53-33-28(45)26(43)22(19-42)51-33/h8,21-31,33-34,42-46H,9-19H2,1-7H3,(H,47,48)(H,49,50)/t21-,22-,23-,24-,25+,26+,27+,28+,29-,30+,31+,33+,34+,38-,39+,40+,41+/m1/s1. The molecule has 2 saturated heterocycles. The summed E-state index contributed by atoms with van der Waals surface area (Å²) in [7, 11) is 0. The quantitative estimate of drug-likeness (QED) is 0.146. The lowest BCUT2D eigenvalue weighted by Gasteiger charge is -2.71. The van der Waals surface area contributed by atoms with Crippen molar-refractivity contribution in [2.75, 3.05) is 6.61 Å². The third-order valence-corrected chi connectivity index (χ3v) is 16.9. The Morgan fingerprint density at radius 2 is 1.43 bits per heavy atom. The normalized spacial score (nSPS) is 52.2. The number of allylic oxidation sites excluding steroid dienone is 2. The zero-order chi connectivity index (χ0) is 39.6. The van der Waals surface area contributed by atoms with E-state index < -0.39 is 90.8 Å². The number of aliphatic hydroxyl groups is 5. The molecule has 4 saturated carbocycles. The van der Waals surface area contributed by atoms with Gasteiger partial charge in [-0.15, -0.1) is 0 Å². The summed E-state index contributed by atoms with van der Waals surface area (Å²) < 4.78 is 23.3. The van der Waals surface area contributed by atoms with E-state index in [0.717, 1.165) is 51.4 Å². The molecular weight excluding hydrogens is 700 g/mol. The van der Waals surface area contributed by atoms with Crippen molar-refractivity contribution < 1.29 is 64.3 Å². The Kier molecular flexibility index (Phi) is 10.1. The molecule has 7 N–H and O–H groups in total. The van der Waals surface area contributed by atoms with Gasteiger partial charge in [-0.25, -0.2) is 4.79 Å². The predicted molar refractivity (Wildman–Crippen MR) is 192 cm³/mol. The summed E-state index contributed by atoms with van der Waals surface area (Å²) in [4.78, 5) is 25.4. The third-order valence-electron chi connectivity index (χ3n) is 16.9. The summed E-state index contributed by atoms with van der Waals surface area (Å²) in [6.45, 7) is 15.6. The summed E-state index contributed by atoms with van der Waals surface area (Å²) in [5, 5.41) is 73.2. The topological polar surface area (TPSA) is 213 Å². The maximum Gasteiger partial charge on any atom is 0.335 e. The van der Waals surface area contributed by atoms with Crippen LogP contribution in [0.2, 0.25) is 0 Å². The first-order chi connectivity index (χ1) is 25.1. The first-order valence-electron chi connectivity index (χ1n) is 20.2. The van der Waals surface area contributed by atoms with Gasteiger partial charge in [0.25, 0.3) is 0 Å². The Bertz CT molecular complexity index is 1510. The number of hydrogen-bond acceptors (Lipinski definition) is 11. The lowest BCUT2D eigenvalue weighted by molar-refractivity contribution is -0.342. The van der Waals surface area contributed by atoms with Crippen LogP contribution >= 0.6 is 0 Å². The SMILES string of the molecule is CC1(C)CC[C@]2(C(=O)O)CC[C@@]3(C)C(=CC[C@@H]4[C@]5(C)CC[C@H](O[C@H]6O[C@H](C(=O)O)[C@@H](O[C@@H]7O[C@H](CO)[C@H](O)[C@@H]7O)[C@@H](O)[C@H]6O)C(C)(C)[C@H]5CC[C@@]43C)[C@H]2C1. The highest BCUT2D eigenvalue weighted by atomic mass is 16.7. The average molecular weight is 765 g/mol. The number of aliphatic hydroxyl groups excluding tert-OH is 5. The smallest absolute Gasteiger partial charge is 0.335 e. The highest BCUT2D eigenvalue weighted by Gasteiger charge is 2.69. The molecule has 0 spiro atoms. The Morgan fingerprint density at radius 1 is 0.778 bits per heavy atom. The van der Waals surface area contributed by atoms with E-state index in [1.807, 2.05) is 0 Å². The van der Waals surface area contributed by atoms with Crippen LogP contribution in [0.4, 0.5) is 0 Å². The molecule has 0 aromatic heterocycles. The van der Waals surface area contributed by atoms with Crippen molar-refractivity contribution in [1.29, 1.82) is 0 Å². The summed E-state index contributed by atoms with van der Waals surface area (Å²) >= 11 is 0. The van der Waals surface area contributed by atoms with Crippen LogP contribution in [0.25, 0.3) is 0 Å². The van der Waals surface area contributed by atoms with Gasteiger partial charge in [0.2, 0.25) is 0 Å². The van der Waals surface area contributed by atoms with Gasteiger partial charge in [-0.1, -0.05) is 60.1 Å². The number of fused-ring (bicyclic) bond motifs is 7. The number of hydrogen-bond donors (Lipinski definition) is 7. The average Bonchev–Trinajstić information content (AvgIpc) is 3.36. The lowest BCUT2D eigenvalue weighted by Crippen LogP contribution is -2.66. The minimum absolute atomic E-state index is 0.0291. The molecule has 0 bridgehead atoms. The van der Waals surface area contributed by atoms with Crippen LogP contribution in [0, 0.1) is 50.2 Å². The van der Waals surface area contributed by atoms with E-state index in [0.29, 0.717) is 18.8 Å². The van der Waals surface area contributed by atoms with Gasteiger partial charge in [-0.2, -0.15) is 0 Å². The second-order valence-electron chi connectivity index (χ2n) is 20.2. The molecule has 54 heavy (non-hydrogen) atoms. The number of carboxylic acids is 2. The molecule has 7 aliphatic rings. The Labute approximate surface area is 318 Å². The molecule has 5 aliphatic carbocycles. The van der Waals surface area contributed by atoms with Crippen molar-refractivity contribution in [3.8, 4) is 0 Å². The van der Waals surface area contributed by atoms with Gasteiger partial charge in [-0.3, -0.25) is 4.79 Å². The van der Waals surface area contributed by atoms with Gasteiger partial charge in [-0.05, 0) is 109 Å². The summed E-state index contributed by atoms with van der Waals surface area (Å²) in [6, 6.07) is 0. The van der Waals surface area contributed by atoms with Crippen LogP contribution in [-0.2, 0) is 28.5 Å². The number of carboxylic acid groups (broad SMARTS) is 2. The highest BCUT2D eigenvalue weighted by Crippen LogP contribution is 2.76. The molecule has 306 valence electrons. The van der Waals surface area contributed by atoms with E-state index in [2.05, 4.69) is 54.5 Å². The molecular formula is C41H64O13. The number of aliphatic carboxylic acids is 2. The molecule has 13 nitrogen and oxygen atoms in total. The van der Waals surface area contributed by atoms with E-state index >= 15 is 0 Å². The summed E-state index contributed by atoms with van der Waals surface area (Å²) in [6.07, 6.45) is -3.88. The second kappa shape index (κ2) is 13.4. The van der Waals surface area contributed by atoms with Gasteiger partial charge in [0.15, 0.2) is 18.7 Å². The van der Waals surface area contributed by atoms with Gasteiger partial charge >= 0.3 is 11.9 Å². The van der Waals surface area contributed by atoms with Gasteiger partial charge in [0, 0.05) is 0 Å². The molecule has 2 aliphatic heterocycles. The zero-order valence-electron chi connectivity index (χ0n) is 32.9. The zero-order valence-corrected chi connectivity index (χ0v) is 32.9. The van der Waals surface area contributed by atoms with Crippen molar-refractivity contribution in [2.45, 2.75) is 174 Å². The fraction of sp³-hybridized carbons (Fsp3) is 0.902. The second-order valence-corrected chi connectivity index (χ2v) is 20.2. The predicted octanol–water partition coefficient (Wildman–Crippen LogP) is 3.61. The first kappa shape index (κ1) is 40.5. The number of carbonyl (C=O) groups is 2. The maximum atomic E-state index is 13.0. The van der Waals surface area contributed by atoms with Crippen LogP contribution in [-0.4, -0.2) is 116 Å². The third kappa shape index (κ3) is 5.80. The highest BCUT2D eigenvalue weighted by molar-refractivity contribution is 5.76. The Morgan fingerprint density at radius 3 is 2.06 bits per heavy atom. The van der Waals surface area contributed by atoms with Gasteiger partial charge < -0.3 is 54.7 Å². The molecule has 0 aromatic carbocycles. The molecule has 0 aromatic rings. The molecule has 0 unspecified atom stereocenters. The van der Waals surface area contributed by atoms with Gasteiger partial charge in [0.05, 0.1) is 18.1 Å². The van der Waals surface area contributed by atoms with E-state index in [9.17, 15) is 45.3 Å². The maximum absolute atomic E-state index is 13.0. The molecule has 0 amide bonds. The van der Waals surface area contributed by atoms with E-state index in [4.69, 9.17) is 18.9 Å². The van der Waals surface area contributed by atoms with Crippen LogP contribution in [0.1, 0.15) is 113 Å². The monoisotopic (exact) mass is 764 g/mol. The Hall–Kier alpha value is -1.68. The van der Waals surface area contributed by atoms with Crippen molar-refractivity contribution in [2.24, 2.45) is 50.2 Å². The van der Waals surface area contributed by atoms with E-state index in [1.165, 1.54) is 5.57 Å². The molecule has 7 rings (SSSR count). The fourth-order valence-electron chi connectivity index (χ4n) is 13.4. The largest absolute Gasteiger partial charge is 0.481 e. The molecule has 0 radical (unpaired) electrons. The van der Waals surface area contributed by atoms with Crippen molar-refractivity contribution in [3.05, 3.63) is 11.6 Å². The van der Waals surface area contributed by atoms with E-state index in [-0.39, 0.29) is 33.5 Å². The van der Waals surface area contributed by atoms with Crippen LogP contribution in [0.5, 0.6) is 0 Å².